The van der Waals surface area contributed by atoms with Crippen LogP contribution in [-0.4, -0.2) is 36.0 Å². The molecule has 0 saturated carbocycles. The van der Waals surface area contributed by atoms with Gasteiger partial charge in [-0.25, -0.2) is 0 Å². The minimum absolute atomic E-state index is 0.0154. The Morgan fingerprint density at radius 1 is 1.41 bits per heavy atom. The molecule has 98 valence electrons. The molecule has 0 aliphatic carbocycles. The topological polar surface area (TPSA) is 46.6 Å². The predicted octanol–water partition coefficient (Wildman–Crippen LogP) is 1.98. The molecule has 0 aromatic rings. The van der Waals surface area contributed by atoms with Gasteiger partial charge in [-0.3, -0.25) is 9.59 Å². The van der Waals surface area contributed by atoms with Gasteiger partial charge in [-0.05, 0) is 20.3 Å². The van der Waals surface area contributed by atoms with Crippen LogP contribution < -0.4 is 0 Å². The number of unbranched alkanes of at least 4 members (excludes halogenated alkanes) is 2. The molecule has 1 rings (SSSR count). The molecule has 1 aliphatic heterocycles. The Hall–Kier alpha value is -1.06. The summed E-state index contributed by atoms with van der Waals surface area (Å²) in [7, 11) is 0. The maximum Gasteiger partial charge on any atom is 0.311 e. The lowest BCUT2D eigenvalue weighted by atomic mass is 10.0. The summed E-state index contributed by atoms with van der Waals surface area (Å²) < 4.78 is 5.00. The van der Waals surface area contributed by atoms with E-state index in [-0.39, 0.29) is 23.8 Å². The van der Waals surface area contributed by atoms with Crippen molar-refractivity contribution < 1.29 is 14.3 Å². The van der Waals surface area contributed by atoms with Crippen molar-refractivity contribution in [2.45, 2.75) is 52.5 Å². The van der Waals surface area contributed by atoms with Crippen LogP contribution in [0.25, 0.3) is 0 Å². The maximum absolute atomic E-state index is 11.8. The van der Waals surface area contributed by atoms with E-state index in [0.29, 0.717) is 13.0 Å². The smallest absolute Gasteiger partial charge is 0.311 e. The summed E-state index contributed by atoms with van der Waals surface area (Å²) in [5.41, 5.74) is 0. The van der Waals surface area contributed by atoms with Crippen molar-refractivity contribution in [1.29, 1.82) is 0 Å². The molecule has 17 heavy (non-hydrogen) atoms. The van der Waals surface area contributed by atoms with Gasteiger partial charge >= 0.3 is 5.97 Å². The Labute approximate surface area is 103 Å². The average Bonchev–Trinajstić information content (AvgIpc) is 2.57. The molecule has 1 amide bonds. The number of esters is 1. The maximum atomic E-state index is 11.8. The number of ether oxygens (including phenoxy) is 1. The SMILES string of the molecule is CCCCCN1C(=O)CC(C(=O)OCC)C1C. The van der Waals surface area contributed by atoms with Crippen molar-refractivity contribution in [3.8, 4) is 0 Å². The summed E-state index contributed by atoms with van der Waals surface area (Å²) in [4.78, 5) is 25.3. The van der Waals surface area contributed by atoms with Gasteiger partial charge in [-0.1, -0.05) is 19.8 Å². The monoisotopic (exact) mass is 241 g/mol. The van der Waals surface area contributed by atoms with Gasteiger partial charge in [-0.15, -0.1) is 0 Å². The van der Waals surface area contributed by atoms with Crippen molar-refractivity contribution in [1.82, 2.24) is 4.90 Å². The molecule has 1 heterocycles. The van der Waals surface area contributed by atoms with Crippen molar-refractivity contribution in [3.63, 3.8) is 0 Å². The molecular weight excluding hydrogens is 218 g/mol. The van der Waals surface area contributed by atoms with E-state index in [1.807, 2.05) is 11.8 Å². The summed E-state index contributed by atoms with van der Waals surface area (Å²) in [6.07, 6.45) is 3.59. The van der Waals surface area contributed by atoms with Gasteiger partial charge in [-0.2, -0.15) is 0 Å². The second-order valence-corrected chi connectivity index (χ2v) is 4.60. The quantitative estimate of drug-likeness (QED) is 0.527. The van der Waals surface area contributed by atoms with Gasteiger partial charge < -0.3 is 9.64 Å². The summed E-state index contributed by atoms with van der Waals surface area (Å²) in [5, 5.41) is 0. The van der Waals surface area contributed by atoms with E-state index in [1.165, 1.54) is 0 Å². The summed E-state index contributed by atoms with van der Waals surface area (Å²) in [6, 6.07) is -0.0154. The van der Waals surface area contributed by atoms with Crippen molar-refractivity contribution >= 4 is 11.9 Å². The third-order valence-electron chi connectivity index (χ3n) is 3.38. The van der Waals surface area contributed by atoms with Gasteiger partial charge in [0.25, 0.3) is 0 Å². The second-order valence-electron chi connectivity index (χ2n) is 4.60. The first-order chi connectivity index (χ1) is 8.11. The molecule has 0 spiro atoms. The lowest BCUT2D eigenvalue weighted by Crippen LogP contribution is -2.36. The Kier molecular flexibility index (Phi) is 5.45. The molecule has 0 radical (unpaired) electrons. The van der Waals surface area contributed by atoms with Crippen LogP contribution in [0.1, 0.15) is 46.5 Å². The normalized spacial score (nSPS) is 24.2. The third kappa shape index (κ3) is 3.45. The minimum atomic E-state index is -0.274. The van der Waals surface area contributed by atoms with E-state index in [4.69, 9.17) is 4.74 Å². The zero-order valence-electron chi connectivity index (χ0n) is 11.1. The highest BCUT2D eigenvalue weighted by Crippen LogP contribution is 2.26. The van der Waals surface area contributed by atoms with Gasteiger partial charge in [0.15, 0.2) is 0 Å². The second kappa shape index (κ2) is 6.62. The van der Waals surface area contributed by atoms with Crippen LogP contribution in [0.2, 0.25) is 0 Å². The molecular formula is C13H23NO3. The van der Waals surface area contributed by atoms with Crippen molar-refractivity contribution in [2.24, 2.45) is 5.92 Å². The number of likely N-dealkylation sites (tertiary alicyclic amines) is 1. The number of hydrogen-bond donors (Lipinski definition) is 0. The van der Waals surface area contributed by atoms with E-state index in [9.17, 15) is 9.59 Å². The number of rotatable bonds is 6. The van der Waals surface area contributed by atoms with E-state index >= 15 is 0 Å². The molecule has 0 bridgehead atoms. The van der Waals surface area contributed by atoms with Crippen LogP contribution in [0.15, 0.2) is 0 Å². The Balaban J connectivity index is 2.52. The Bertz CT molecular complexity index is 278. The van der Waals surface area contributed by atoms with Crippen molar-refractivity contribution in [3.05, 3.63) is 0 Å². The summed E-state index contributed by atoms with van der Waals surface area (Å²) >= 11 is 0. The molecule has 1 saturated heterocycles. The standard InChI is InChI=1S/C13H23NO3/c1-4-6-7-8-14-10(3)11(9-12(14)15)13(16)17-5-2/h10-11H,4-9H2,1-3H3. The lowest BCUT2D eigenvalue weighted by molar-refractivity contribution is -0.148. The molecule has 4 nitrogen and oxygen atoms in total. The predicted molar refractivity (Wildman–Crippen MR) is 65.4 cm³/mol. The summed E-state index contributed by atoms with van der Waals surface area (Å²) in [5.74, 6) is -0.415. The lowest BCUT2D eigenvalue weighted by Gasteiger charge is -2.23. The van der Waals surface area contributed by atoms with E-state index < -0.39 is 0 Å². The molecule has 4 heteroatoms. The van der Waals surface area contributed by atoms with Crippen LogP contribution in [0, 0.1) is 5.92 Å². The molecule has 1 fully saturated rings. The fourth-order valence-electron chi connectivity index (χ4n) is 2.31. The van der Waals surface area contributed by atoms with Gasteiger partial charge in [0, 0.05) is 19.0 Å². The summed E-state index contributed by atoms with van der Waals surface area (Å²) in [6.45, 7) is 7.02. The fraction of sp³-hybridized carbons (Fsp3) is 0.846. The molecule has 2 unspecified atom stereocenters. The first-order valence-electron chi connectivity index (χ1n) is 6.57. The molecule has 0 N–H and O–H groups in total. The molecule has 1 aliphatic rings. The number of amides is 1. The number of nitrogens with zero attached hydrogens (tertiary/aromatic N) is 1. The first-order valence-corrected chi connectivity index (χ1v) is 6.57. The Morgan fingerprint density at radius 3 is 2.71 bits per heavy atom. The fourth-order valence-corrected chi connectivity index (χ4v) is 2.31. The van der Waals surface area contributed by atoms with Crippen LogP contribution in [0.3, 0.4) is 0 Å². The molecule has 2 atom stereocenters. The number of carbonyl (C=O) groups is 2. The van der Waals surface area contributed by atoms with Gasteiger partial charge in [0.05, 0.1) is 12.5 Å². The number of carbonyl (C=O) groups excluding carboxylic acids is 2. The zero-order chi connectivity index (χ0) is 12.8. The van der Waals surface area contributed by atoms with Gasteiger partial charge in [0.2, 0.25) is 5.91 Å². The molecule has 0 aromatic heterocycles. The zero-order valence-corrected chi connectivity index (χ0v) is 11.1. The average molecular weight is 241 g/mol. The first kappa shape index (κ1) is 14.0. The highest BCUT2D eigenvalue weighted by Gasteiger charge is 2.41. The third-order valence-corrected chi connectivity index (χ3v) is 3.38. The highest BCUT2D eigenvalue weighted by atomic mass is 16.5. The van der Waals surface area contributed by atoms with Gasteiger partial charge in [0.1, 0.15) is 0 Å². The van der Waals surface area contributed by atoms with Crippen molar-refractivity contribution in [2.75, 3.05) is 13.2 Å². The Morgan fingerprint density at radius 2 is 2.12 bits per heavy atom. The largest absolute Gasteiger partial charge is 0.466 e. The van der Waals surface area contributed by atoms with Crippen LogP contribution in [0.5, 0.6) is 0 Å². The van der Waals surface area contributed by atoms with E-state index in [0.717, 1.165) is 25.8 Å². The van der Waals surface area contributed by atoms with E-state index in [1.54, 1.807) is 6.92 Å². The molecule has 0 aromatic carbocycles. The van der Waals surface area contributed by atoms with Crippen LogP contribution >= 0.6 is 0 Å². The van der Waals surface area contributed by atoms with E-state index in [2.05, 4.69) is 6.92 Å². The number of hydrogen-bond acceptors (Lipinski definition) is 3. The van der Waals surface area contributed by atoms with Crippen LogP contribution in [-0.2, 0) is 14.3 Å². The highest BCUT2D eigenvalue weighted by molar-refractivity contribution is 5.87. The minimum Gasteiger partial charge on any atom is -0.466 e. The van der Waals surface area contributed by atoms with Crippen LogP contribution in [0.4, 0.5) is 0 Å².